The molecule has 1 rings (SSSR count). The van der Waals surface area contributed by atoms with Crippen LogP contribution in [0.3, 0.4) is 0 Å². The first kappa shape index (κ1) is 8.27. The van der Waals surface area contributed by atoms with Crippen LogP contribution in [0.2, 0.25) is 0 Å². The molecule has 0 fully saturated rings. The highest BCUT2D eigenvalue weighted by atomic mass is 16.5. The van der Waals surface area contributed by atoms with E-state index in [-0.39, 0.29) is 0 Å². The molecular weight excluding hydrogens is 140 g/mol. The van der Waals surface area contributed by atoms with E-state index in [1.54, 1.807) is 6.20 Å². The Kier molecular flexibility index (Phi) is 3.11. The van der Waals surface area contributed by atoms with Gasteiger partial charge >= 0.3 is 0 Å². The molecule has 1 heterocycles. The van der Waals surface area contributed by atoms with Crippen LogP contribution >= 0.6 is 0 Å². The molecule has 0 aliphatic heterocycles. The van der Waals surface area contributed by atoms with Crippen molar-refractivity contribution in [3.63, 3.8) is 0 Å². The molecule has 0 aromatic carbocycles. The average Bonchev–Trinajstić information content (AvgIpc) is 2.52. The van der Waals surface area contributed by atoms with E-state index in [2.05, 4.69) is 24.3 Å². The molecule has 3 heteroatoms. The smallest absolute Gasteiger partial charge is 0.150 e. The number of hydrogen-bond donors (Lipinski definition) is 1. The quantitative estimate of drug-likeness (QED) is 0.715. The monoisotopic (exact) mass is 154 g/mol. The maximum Gasteiger partial charge on any atom is 0.150 e. The molecule has 0 amide bonds. The van der Waals surface area contributed by atoms with Crippen LogP contribution in [-0.4, -0.2) is 11.2 Å². The summed E-state index contributed by atoms with van der Waals surface area (Å²) in [5.41, 5.74) is 0. The first-order chi connectivity index (χ1) is 5.33. The zero-order valence-corrected chi connectivity index (χ0v) is 7.00. The summed E-state index contributed by atoms with van der Waals surface area (Å²) in [6.07, 6.45) is 2.79. The Morgan fingerprint density at radius 1 is 1.73 bits per heavy atom. The van der Waals surface area contributed by atoms with Crippen molar-refractivity contribution in [1.82, 2.24) is 10.5 Å². The molecule has 0 spiro atoms. The molecule has 0 aliphatic rings. The van der Waals surface area contributed by atoms with Gasteiger partial charge in [-0.2, -0.15) is 0 Å². The molecule has 0 saturated heterocycles. The van der Waals surface area contributed by atoms with E-state index in [0.29, 0.717) is 6.04 Å². The number of aromatic nitrogens is 1. The standard InChI is InChI=1S/C8H14N2O/c1-3-7(2)9-6-8-4-5-10-11-8/h4-5,7,9H,3,6H2,1-2H3. The zero-order valence-electron chi connectivity index (χ0n) is 7.00. The van der Waals surface area contributed by atoms with E-state index in [4.69, 9.17) is 4.52 Å². The lowest BCUT2D eigenvalue weighted by Crippen LogP contribution is -2.24. The van der Waals surface area contributed by atoms with E-state index >= 15 is 0 Å². The Morgan fingerprint density at radius 3 is 3.09 bits per heavy atom. The summed E-state index contributed by atoms with van der Waals surface area (Å²) >= 11 is 0. The summed E-state index contributed by atoms with van der Waals surface area (Å²) in [6.45, 7) is 5.07. The van der Waals surface area contributed by atoms with Crippen LogP contribution in [0.25, 0.3) is 0 Å². The van der Waals surface area contributed by atoms with Crippen LogP contribution in [0.4, 0.5) is 0 Å². The van der Waals surface area contributed by atoms with Crippen LogP contribution in [0.1, 0.15) is 26.0 Å². The van der Waals surface area contributed by atoms with Crippen molar-refractivity contribution in [2.75, 3.05) is 0 Å². The molecule has 3 nitrogen and oxygen atoms in total. The molecule has 1 unspecified atom stereocenters. The van der Waals surface area contributed by atoms with Gasteiger partial charge in [0.25, 0.3) is 0 Å². The lowest BCUT2D eigenvalue weighted by atomic mass is 10.2. The third-order valence-electron chi connectivity index (χ3n) is 1.73. The van der Waals surface area contributed by atoms with E-state index < -0.39 is 0 Å². The van der Waals surface area contributed by atoms with E-state index in [1.807, 2.05) is 6.07 Å². The molecule has 0 saturated carbocycles. The van der Waals surface area contributed by atoms with Gasteiger partial charge in [-0.3, -0.25) is 0 Å². The van der Waals surface area contributed by atoms with Crippen molar-refractivity contribution in [1.29, 1.82) is 0 Å². The number of nitrogens with zero attached hydrogens (tertiary/aromatic N) is 1. The third kappa shape index (κ3) is 2.72. The summed E-state index contributed by atoms with van der Waals surface area (Å²) < 4.78 is 4.92. The second kappa shape index (κ2) is 4.13. The first-order valence-corrected chi connectivity index (χ1v) is 3.96. The maximum absolute atomic E-state index is 4.92. The number of rotatable bonds is 4. The normalized spacial score (nSPS) is 13.3. The summed E-state index contributed by atoms with van der Waals surface area (Å²) in [6, 6.07) is 2.41. The fraction of sp³-hybridized carbons (Fsp3) is 0.625. The predicted molar refractivity (Wildman–Crippen MR) is 43.1 cm³/mol. The van der Waals surface area contributed by atoms with Crippen LogP contribution in [0, 0.1) is 0 Å². The van der Waals surface area contributed by atoms with Gasteiger partial charge in [-0.25, -0.2) is 0 Å². The Bertz CT molecular complexity index is 184. The van der Waals surface area contributed by atoms with Crippen LogP contribution in [0.5, 0.6) is 0 Å². The van der Waals surface area contributed by atoms with Gasteiger partial charge in [0, 0.05) is 12.1 Å². The van der Waals surface area contributed by atoms with Crippen LogP contribution in [-0.2, 0) is 6.54 Å². The molecular formula is C8H14N2O. The first-order valence-electron chi connectivity index (χ1n) is 3.96. The van der Waals surface area contributed by atoms with Gasteiger partial charge < -0.3 is 9.84 Å². The van der Waals surface area contributed by atoms with E-state index in [1.165, 1.54) is 0 Å². The maximum atomic E-state index is 4.92. The van der Waals surface area contributed by atoms with E-state index in [9.17, 15) is 0 Å². The van der Waals surface area contributed by atoms with Gasteiger partial charge in [0.1, 0.15) is 5.76 Å². The Morgan fingerprint density at radius 2 is 2.55 bits per heavy atom. The lowest BCUT2D eigenvalue weighted by Gasteiger charge is -2.08. The molecule has 1 aromatic heterocycles. The highest BCUT2D eigenvalue weighted by Gasteiger charge is 1.99. The van der Waals surface area contributed by atoms with Crippen molar-refractivity contribution >= 4 is 0 Å². The highest BCUT2D eigenvalue weighted by molar-refractivity contribution is 4.92. The van der Waals surface area contributed by atoms with Gasteiger partial charge in [-0.15, -0.1) is 0 Å². The molecule has 1 aromatic rings. The van der Waals surface area contributed by atoms with Gasteiger partial charge in [0.05, 0.1) is 12.7 Å². The van der Waals surface area contributed by atoms with Gasteiger partial charge in [0.15, 0.2) is 0 Å². The van der Waals surface area contributed by atoms with Crippen molar-refractivity contribution in [3.8, 4) is 0 Å². The summed E-state index contributed by atoms with van der Waals surface area (Å²) in [5.74, 6) is 0.894. The minimum absolute atomic E-state index is 0.542. The third-order valence-corrected chi connectivity index (χ3v) is 1.73. The summed E-state index contributed by atoms with van der Waals surface area (Å²) in [5, 5.41) is 6.91. The van der Waals surface area contributed by atoms with Crippen molar-refractivity contribution in [2.45, 2.75) is 32.9 Å². The molecule has 1 N–H and O–H groups in total. The summed E-state index contributed by atoms with van der Waals surface area (Å²) in [4.78, 5) is 0. The molecule has 0 radical (unpaired) electrons. The van der Waals surface area contributed by atoms with Crippen molar-refractivity contribution in [2.24, 2.45) is 0 Å². The molecule has 0 bridgehead atoms. The topological polar surface area (TPSA) is 38.1 Å². The summed E-state index contributed by atoms with van der Waals surface area (Å²) in [7, 11) is 0. The largest absolute Gasteiger partial charge is 0.360 e. The Labute approximate surface area is 66.8 Å². The second-order valence-corrected chi connectivity index (χ2v) is 2.67. The lowest BCUT2D eigenvalue weighted by molar-refractivity contribution is 0.364. The molecule has 1 atom stereocenters. The zero-order chi connectivity index (χ0) is 8.10. The number of nitrogens with one attached hydrogen (secondary N) is 1. The highest BCUT2D eigenvalue weighted by Crippen LogP contribution is 1.97. The minimum atomic E-state index is 0.542. The van der Waals surface area contributed by atoms with Crippen molar-refractivity contribution < 1.29 is 4.52 Å². The molecule has 0 aliphatic carbocycles. The van der Waals surface area contributed by atoms with Crippen LogP contribution in [0.15, 0.2) is 16.8 Å². The predicted octanol–water partition coefficient (Wildman–Crippen LogP) is 1.56. The SMILES string of the molecule is CCC(C)NCc1ccno1. The van der Waals surface area contributed by atoms with E-state index in [0.717, 1.165) is 18.7 Å². The minimum Gasteiger partial charge on any atom is -0.360 e. The van der Waals surface area contributed by atoms with Gasteiger partial charge in [-0.05, 0) is 13.3 Å². The number of hydrogen-bond acceptors (Lipinski definition) is 3. The van der Waals surface area contributed by atoms with Crippen LogP contribution < -0.4 is 5.32 Å². The molecule has 62 valence electrons. The Balaban J connectivity index is 2.23. The molecule has 11 heavy (non-hydrogen) atoms. The fourth-order valence-corrected chi connectivity index (χ4v) is 0.752. The van der Waals surface area contributed by atoms with Gasteiger partial charge in [-0.1, -0.05) is 12.1 Å². The van der Waals surface area contributed by atoms with Gasteiger partial charge in [0.2, 0.25) is 0 Å². The second-order valence-electron chi connectivity index (χ2n) is 2.67. The fourth-order valence-electron chi connectivity index (χ4n) is 0.752. The Hall–Kier alpha value is -0.830. The average molecular weight is 154 g/mol. The van der Waals surface area contributed by atoms with Crippen molar-refractivity contribution in [3.05, 3.63) is 18.0 Å².